The summed E-state index contributed by atoms with van der Waals surface area (Å²) in [5, 5.41) is 11.5. The van der Waals surface area contributed by atoms with Crippen molar-refractivity contribution in [1.82, 2.24) is 20.5 Å². The number of aromatic amines is 1. The molecule has 1 saturated heterocycles. The van der Waals surface area contributed by atoms with Gasteiger partial charge in [-0.15, -0.1) is 5.10 Å². The summed E-state index contributed by atoms with van der Waals surface area (Å²) < 4.78 is 0. The van der Waals surface area contributed by atoms with Crippen molar-refractivity contribution >= 4 is 17.5 Å². The largest absolute Gasteiger partial charge is 0.338 e. The summed E-state index contributed by atoms with van der Waals surface area (Å²) in [6.45, 7) is 4.02. The molecule has 0 unspecified atom stereocenters. The van der Waals surface area contributed by atoms with Crippen molar-refractivity contribution in [3.05, 3.63) is 40.7 Å². The second kappa shape index (κ2) is 6.24. The van der Waals surface area contributed by atoms with Crippen LogP contribution in [0.2, 0.25) is 5.02 Å². The third-order valence-corrected chi connectivity index (χ3v) is 3.68. The lowest BCUT2D eigenvalue weighted by atomic mass is 10.1. The zero-order chi connectivity index (χ0) is 13.8. The first-order valence-electron chi connectivity index (χ1n) is 6.93. The molecule has 2 heterocycles. The predicted octanol–water partition coefficient (Wildman–Crippen LogP) is 1.85. The van der Waals surface area contributed by atoms with Gasteiger partial charge in [0.05, 0.1) is 0 Å². The Morgan fingerprint density at radius 1 is 1.15 bits per heavy atom. The van der Waals surface area contributed by atoms with Gasteiger partial charge in [0, 0.05) is 31.1 Å². The molecule has 0 spiro atoms. The van der Waals surface area contributed by atoms with E-state index < -0.39 is 0 Å². The summed E-state index contributed by atoms with van der Waals surface area (Å²) in [7, 11) is 0. The fourth-order valence-electron chi connectivity index (χ4n) is 2.35. The number of H-pyrrole nitrogens is 1. The van der Waals surface area contributed by atoms with Crippen LogP contribution in [0.5, 0.6) is 0 Å². The molecular weight excluding hydrogens is 274 g/mol. The summed E-state index contributed by atoms with van der Waals surface area (Å²) in [5.74, 6) is 1.69. The van der Waals surface area contributed by atoms with Crippen LogP contribution in [0, 0.1) is 0 Å². The average molecular weight is 292 g/mol. The van der Waals surface area contributed by atoms with Crippen LogP contribution in [0.15, 0.2) is 24.3 Å². The lowest BCUT2D eigenvalue weighted by Crippen LogP contribution is -2.28. The van der Waals surface area contributed by atoms with Gasteiger partial charge in [0.15, 0.2) is 0 Å². The highest BCUT2D eigenvalue weighted by Crippen LogP contribution is 2.14. The molecule has 0 atom stereocenters. The highest BCUT2D eigenvalue weighted by molar-refractivity contribution is 6.30. The van der Waals surface area contributed by atoms with Crippen molar-refractivity contribution in [3.8, 4) is 0 Å². The van der Waals surface area contributed by atoms with E-state index in [-0.39, 0.29) is 0 Å². The molecule has 0 amide bonds. The standard InChI is InChI=1S/C14H18ClN5/c15-12-4-2-11(3-5-12)10-13-17-14(19-18-13)20-8-1-6-16-7-9-20/h2-5,16H,1,6-10H2,(H,17,18,19). The van der Waals surface area contributed by atoms with Crippen LogP contribution in [0.4, 0.5) is 5.95 Å². The first kappa shape index (κ1) is 13.4. The molecule has 2 aromatic rings. The summed E-state index contributed by atoms with van der Waals surface area (Å²) in [5.41, 5.74) is 1.18. The summed E-state index contributed by atoms with van der Waals surface area (Å²) in [6, 6.07) is 7.82. The Kier molecular flexibility index (Phi) is 4.18. The Morgan fingerprint density at radius 3 is 2.85 bits per heavy atom. The number of aromatic nitrogens is 3. The van der Waals surface area contributed by atoms with Gasteiger partial charge in [-0.1, -0.05) is 23.7 Å². The minimum absolute atomic E-state index is 0.746. The Labute approximate surface area is 123 Å². The first-order chi connectivity index (χ1) is 9.81. The molecule has 2 N–H and O–H groups in total. The molecule has 106 valence electrons. The van der Waals surface area contributed by atoms with Gasteiger partial charge in [0.2, 0.25) is 5.95 Å². The van der Waals surface area contributed by atoms with Crippen LogP contribution < -0.4 is 10.2 Å². The van der Waals surface area contributed by atoms with Crippen LogP contribution in [0.25, 0.3) is 0 Å². The minimum atomic E-state index is 0.746. The van der Waals surface area contributed by atoms with Gasteiger partial charge in [-0.05, 0) is 30.7 Å². The Hall–Kier alpha value is -1.59. The van der Waals surface area contributed by atoms with Gasteiger partial charge in [-0.25, -0.2) is 0 Å². The van der Waals surface area contributed by atoms with E-state index in [9.17, 15) is 0 Å². The van der Waals surface area contributed by atoms with Crippen molar-refractivity contribution in [3.63, 3.8) is 0 Å². The number of halogens is 1. The highest BCUT2D eigenvalue weighted by atomic mass is 35.5. The number of hydrogen-bond donors (Lipinski definition) is 2. The number of nitrogens with zero attached hydrogens (tertiary/aromatic N) is 3. The molecule has 0 aliphatic carbocycles. The number of hydrogen-bond acceptors (Lipinski definition) is 4. The first-order valence-corrected chi connectivity index (χ1v) is 7.30. The summed E-state index contributed by atoms with van der Waals surface area (Å²) in [6.07, 6.45) is 1.87. The third-order valence-electron chi connectivity index (χ3n) is 3.43. The van der Waals surface area contributed by atoms with Gasteiger partial charge in [-0.3, -0.25) is 5.10 Å². The summed E-state index contributed by atoms with van der Waals surface area (Å²) in [4.78, 5) is 6.82. The van der Waals surface area contributed by atoms with Gasteiger partial charge in [0.25, 0.3) is 0 Å². The number of anilines is 1. The second-order valence-electron chi connectivity index (χ2n) is 4.98. The molecule has 1 aliphatic heterocycles. The molecule has 20 heavy (non-hydrogen) atoms. The maximum atomic E-state index is 5.89. The Bertz CT molecular complexity index is 543. The van der Waals surface area contributed by atoms with E-state index in [0.29, 0.717) is 0 Å². The van der Waals surface area contributed by atoms with Crippen LogP contribution in [-0.4, -0.2) is 41.4 Å². The zero-order valence-corrected chi connectivity index (χ0v) is 12.0. The van der Waals surface area contributed by atoms with Crippen molar-refractivity contribution in [2.24, 2.45) is 0 Å². The Balaban J connectivity index is 1.68. The Morgan fingerprint density at radius 2 is 2.00 bits per heavy atom. The molecule has 1 aliphatic rings. The lowest BCUT2D eigenvalue weighted by molar-refractivity contribution is 0.724. The number of rotatable bonds is 3. The van der Waals surface area contributed by atoms with Crippen molar-refractivity contribution in [2.45, 2.75) is 12.8 Å². The van der Waals surface area contributed by atoms with Crippen LogP contribution >= 0.6 is 11.6 Å². The number of nitrogens with one attached hydrogen (secondary N) is 2. The molecule has 0 saturated carbocycles. The number of benzene rings is 1. The zero-order valence-electron chi connectivity index (χ0n) is 11.3. The van der Waals surface area contributed by atoms with E-state index >= 15 is 0 Å². The molecule has 3 rings (SSSR count). The predicted molar refractivity (Wildman–Crippen MR) is 80.3 cm³/mol. The molecule has 6 heteroatoms. The molecular formula is C14H18ClN5. The van der Waals surface area contributed by atoms with E-state index in [4.69, 9.17) is 11.6 Å². The SMILES string of the molecule is Clc1ccc(Cc2nc(N3CCCNCC3)n[nH]2)cc1. The average Bonchev–Trinajstić information content (AvgIpc) is 2.74. The maximum absolute atomic E-state index is 5.89. The van der Waals surface area contributed by atoms with Crippen LogP contribution in [-0.2, 0) is 6.42 Å². The van der Waals surface area contributed by atoms with Gasteiger partial charge in [0.1, 0.15) is 5.82 Å². The van der Waals surface area contributed by atoms with Crippen molar-refractivity contribution in [2.75, 3.05) is 31.1 Å². The normalized spacial score (nSPS) is 16.1. The van der Waals surface area contributed by atoms with Crippen molar-refractivity contribution < 1.29 is 0 Å². The van der Waals surface area contributed by atoms with Crippen LogP contribution in [0.1, 0.15) is 17.8 Å². The molecule has 0 radical (unpaired) electrons. The van der Waals surface area contributed by atoms with E-state index in [1.165, 1.54) is 5.56 Å². The van der Waals surface area contributed by atoms with Gasteiger partial charge < -0.3 is 10.2 Å². The van der Waals surface area contributed by atoms with Crippen LogP contribution in [0.3, 0.4) is 0 Å². The molecule has 1 aromatic carbocycles. The third kappa shape index (κ3) is 3.29. The van der Waals surface area contributed by atoms with E-state index in [2.05, 4.69) is 25.4 Å². The quantitative estimate of drug-likeness (QED) is 0.906. The smallest absolute Gasteiger partial charge is 0.244 e. The fraction of sp³-hybridized carbons (Fsp3) is 0.429. The van der Waals surface area contributed by atoms with Crippen molar-refractivity contribution in [1.29, 1.82) is 0 Å². The maximum Gasteiger partial charge on any atom is 0.244 e. The summed E-state index contributed by atoms with van der Waals surface area (Å²) >= 11 is 5.89. The minimum Gasteiger partial charge on any atom is -0.338 e. The molecule has 1 aromatic heterocycles. The van der Waals surface area contributed by atoms with E-state index in [1.807, 2.05) is 24.3 Å². The van der Waals surface area contributed by atoms with Gasteiger partial charge in [-0.2, -0.15) is 4.98 Å². The molecule has 1 fully saturated rings. The van der Waals surface area contributed by atoms with Gasteiger partial charge >= 0.3 is 0 Å². The lowest BCUT2D eigenvalue weighted by Gasteiger charge is -2.16. The molecule has 5 nitrogen and oxygen atoms in total. The fourth-order valence-corrected chi connectivity index (χ4v) is 2.47. The van der Waals surface area contributed by atoms with E-state index in [0.717, 1.165) is 55.8 Å². The molecule has 0 bridgehead atoms. The monoisotopic (exact) mass is 291 g/mol. The topological polar surface area (TPSA) is 56.8 Å². The van der Waals surface area contributed by atoms with E-state index in [1.54, 1.807) is 0 Å². The highest BCUT2D eigenvalue weighted by Gasteiger charge is 2.14. The second-order valence-corrected chi connectivity index (χ2v) is 5.41.